The highest BCUT2D eigenvalue weighted by molar-refractivity contribution is 7.80. The van der Waals surface area contributed by atoms with Crippen LogP contribution >= 0.6 is 47.0 Å². The van der Waals surface area contributed by atoms with Crippen LogP contribution in [0.2, 0.25) is 0 Å². The van der Waals surface area contributed by atoms with Crippen LogP contribution in [-0.2, 0) is 4.79 Å². The molecule has 0 aromatic heterocycles. The van der Waals surface area contributed by atoms with Gasteiger partial charge in [0.15, 0.2) is 11.3 Å². The Morgan fingerprint density at radius 3 is 2.39 bits per heavy atom. The van der Waals surface area contributed by atoms with Gasteiger partial charge in [-0.1, -0.05) is 59.1 Å². The summed E-state index contributed by atoms with van der Waals surface area (Å²) in [5, 5.41) is 9.52. The highest BCUT2D eigenvalue weighted by Gasteiger charge is 2.42. The number of anilines is 3. The summed E-state index contributed by atoms with van der Waals surface area (Å²) in [5.74, 6) is -0.389. The molecule has 1 atom stereocenters. The predicted octanol–water partition coefficient (Wildman–Crippen LogP) is 5.09. The third-order valence-corrected chi connectivity index (χ3v) is 6.32. The standard InChI is InChI=1S/C23H26Cl3N5OS/c1-27-17-11-8-16(9-12-17)10-13-20(32)29-21(23(24,25)26)31-15-5-14-30(22(31)33)19-7-4-3-6-18(19)28-2/h3-4,6-13,21,27-28H,5,14-15H2,1-2H3,(H,29,32)/b13-10+. The minimum absolute atomic E-state index is 0.389. The number of amides is 1. The highest BCUT2D eigenvalue weighted by Crippen LogP contribution is 2.35. The normalized spacial score (nSPS) is 15.5. The van der Waals surface area contributed by atoms with E-state index in [4.69, 9.17) is 47.0 Å². The minimum Gasteiger partial charge on any atom is -0.388 e. The van der Waals surface area contributed by atoms with Crippen molar-refractivity contribution in [2.45, 2.75) is 16.4 Å². The van der Waals surface area contributed by atoms with Crippen LogP contribution in [0.1, 0.15) is 12.0 Å². The SMILES string of the molecule is CNc1ccc(/C=C/C(=O)NC(N2CCCN(c3ccccc3NC)C2=S)C(Cl)(Cl)Cl)cc1. The van der Waals surface area contributed by atoms with Crippen LogP contribution in [0.15, 0.2) is 54.6 Å². The third kappa shape index (κ3) is 6.44. The van der Waals surface area contributed by atoms with Crippen molar-refractivity contribution in [3.63, 3.8) is 0 Å². The van der Waals surface area contributed by atoms with Gasteiger partial charge in [0.25, 0.3) is 0 Å². The van der Waals surface area contributed by atoms with Gasteiger partial charge in [0.05, 0.1) is 11.4 Å². The molecule has 1 aliphatic rings. The fourth-order valence-electron chi connectivity index (χ4n) is 3.58. The number of nitrogens with zero attached hydrogens (tertiary/aromatic N) is 2. The average Bonchev–Trinajstić information content (AvgIpc) is 2.81. The molecule has 1 fully saturated rings. The molecule has 6 nitrogen and oxygen atoms in total. The van der Waals surface area contributed by atoms with Crippen molar-refractivity contribution in [1.29, 1.82) is 0 Å². The molecule has 33 heavy (non-hydrogen) atoms. The first-order valence-electron chi connectivity index (χ1n) is 10.4. The lowest BCUT2D eigenvalue weighted by Crippen LogP contribution is -2.62. The number of hydrogen-bond acceptors (Lipinski definition) is 4. The Kier molecular flexibility index (Phi) is 8.70. The molecule has 1 saturated heterocycles. The van der Waals surface area contributed by atoms with Crippen LogP contribution in [-0.4, -0.2) is 53.1 Å². The zero-order chi connectivity index (χ0) is 24.0. The predicted molar refractivity (Wildman–Crippen MR) is 144 cm³/mol. The van der Waals surface area contributed by atoms with Crippen molar-refractivity contribution >= 4 is 81.2 Å². The van der Waals surface area contributed by atoms with Crippen molar-refractivity contribution < 1.29 is 4.79 Å². The number of carbonyl (C=O) groups excluding carboxylic acids is 1. The number of alkyl halides is 3. The summed E-state index contributed by atoms with van der Waals surface area (Å²) in [5.41, 5.74) is 3.71. The number of rotatable bonds is 7. The summed E-state index contributed by atoms with van der Waals surface area (Å²) in [6.07, 6.45) is 2.95. The second kappa shape index (κ2) is 11.3. The molecule has 1 amide bonds. The summed E-state index contributed by atoms with van der Waals surface area (Å²) < 4.78 is -1.80. The summed E-state index contributed by atoms with van der Waals surface area (Å²) in [6, 6.07) is 15.5. The molecule has 10 heteroatoms. The Hall–Kier alpha value is -2.19. The van der Waals surface area contributed by atoms with Crippen molar-refractivity contribution in [1.82, 2.24) is 10.2 Å². The monoisotopic (exact) mass is 525 g/mol. The molecule has 176 valence electrons. The van der Waals surface area contributed by atoms with E-state index in [0.29, 0.717) is 11.7 Å². The lowest BCUT2D eigenvalue weighted by Gasteiger charge is -2.44. The molecule has 3 N–H and O–H groups in total. The van der Waals surface area contributed by atoms with Crippen LogP contribution in [0.25, 0.3) is 6.08 Å². The maximum atomic E-state index is 12.7. The van der Waals surface area contributed by atoms with Gasteiger partial charge in [-0.15, -0.1) is 0 Å². The highest BCUT2D eigenvalue weighted by atomic mass is 35.6. The summed E-state index contributed by atoms with van der Waals surface area (Å²) in [6.45, 7) is 1.27. The molecule has 0 bridgehead atoms. The third-order valence-electron chi connectivity index (χ3n) is 5.25. The molecule has 0 saturated carbocycles. The molecule has 1 aliphatic heterocycles. The van der Waals surface area contributed by atoms with Gasteiger partial charge in [-0.05, 0) is 54.5 Å². The minimum atomic E-state index is -1.80. The Labute approximate surface area is 214 Å². The number of carbonyl (C=O) groups is 1. The second-order valence-electron chi connectivity index (χ2n) is 7.41. The molecule has 0 aliphatic carbocycles. The lowest BCUT2D eigenvalue weighted by atomic mass is 10.2. The van der Waals surface area contributed by atoms with Crippen LogP contribution < -0.4 is 20.9 Å². The van der Waals surface area contributed by atoms with Crippen LogP contribution in [0, 0.1) is 0 Å². The van der Waals surface area contributed by atoms with E-state index in [1.807, 2.05) is 67.5 Å². The first kappa shape index (κ1) is 25.4. The molecule has 0 radical (unpaired) electrons. The number of thiocarbonyl (C=S) groups is 1. The van der Waals surface area contributed by atoms with Gasteiger partial charge in [-0.3, -0.25) is 4.79 Å². The maximum absolute atomic E-state index is 12.7. The van der Waals surface area contributed by atoms with Crippen molar-refractivity contribution in [3.8, 4) is 0 Å². The van der Waals surface area contributed by atoms with E-state index >= 15 is 0 Å². The van der Waals surface area contributed by atoms with E-state index in [9.17, 15) is 4.79 Å². The van der Waals surface area contributed by atoms with E-state index < -0.39 is 9.96 Å². The van der Waals surface area contributed by atoms with Crippen molar-refractivity contribution in [3.05, 3.63) is 60.2 Å². The zero-order valence-electron chi connectivity index (χ0n) is 18.3. The van der Waals surface area contributed by atoms with Gasteiger partial charge in [0.2, 0.25) is 9.70 Å². The van der Waals surface area contributed by atoms with Gasteiger partial charge in [-0.25, -0.2) is 0 Å². The molecule has 1 unspecified atom stereocenters. The zero-order valence-corrected chi connectivity index (χ0v) is 21.4. The molecular formula is C23H26Cl3N5OS. The summed E-state index contributed by atoms with van der Waals surface area (Å²) in [4.78, 5) is 16.5. The average molecular weight is 527 g/mol. The van der Waals surface area contributed by atoms with Gasteiger partial charge in [-0.2, -0.15) is 0 Å². The van der Waals surface area contributed by atoms with Gasteiger partial charge >= 0.3 is 0 Å². The first-order chi connectivity index (χ1) is 15.7. The van der Waals surface area contributed by atoms with Gasteiger partial charge in [0.1, 0.15) is 0 Å². The van der Waals surface area contributed by atoms with Gasteiger partial charge in [0, 0.05) is 38.9 Å². The Balaban J connectivity index is 1.78. The van der Waals surface area contributed by atoms with Crippen molar-refractivity contribution in [2.24, 2.45) is 0 Å². The van der Waals surface area contributed by atoms with E-state index in [1.54, 1.807) is 11.0 Å². The number of benzene rings is 2. The number of para-hydroxylation sites is 2. The topological polar surface area (TPSA) is 59.6 Å². The van der Waals surface area contributed by atoms with Crippen LogP contribution in [0.3, 0.4) is 0 Å². The molecule has 2 aromatic carbocycles. The first-order valence-corrected chi connectivity index (χ1v) is 12.0. The number of hydrogen-bond donors (Lipinski definition) is 3. The Bertz CT molecular complexity index is 1010. The molecule has 2 aromatic rings. The van der Waals surface area contributed by atoms with E-state index in [1.165, 1.54) is 6.08 Å². The fourth-order valence-corrected chi connectivity index (χ4v) is 4.48. The van der Waals surface area contributed by atoms with Crippen LogP contribution in [0.4, 0.5) is 17.1 Å². The van der Waals surface area contributed by atoms with E-state index in [2.05, 4.69) is 16.0 Å². The van der Waals surface area contributed by atoms with E-state index in [-0.39, 0.29) is 5.91 Å². The molecule has 3 rings (SSSR count). The Morgan fingerprint density at radius 2 is 1.76 bits per heavy atom. The summed E-state index contributed by atoms with van der Waals surface area (Å²) in [7, 11) is 3.70. The lowest BCUT2D eigenvalue weighted by molar-refractivity contribution is -0.117. The van der Waals surface area contributed by atoms with Crippen molar-refractivity contribution in [2.75, 3.05) is 42.7 Å². The maximum Gasteiger partial charge on any atom is 0.245 e. The Morgan fingerprint density at radius 1 is 1.06 bits per heavy atom. The summed E-state index contributed by atoms with van der Waals surface area (Å²) >= 11 is 24.7. The number of halogens is 3. The number of nitrogens with one attached hydrogen (secondary N) is 3. The van der Waals surface area contributed by atoms with E-state index in [0.717, 1.165) is 35.6 Å². The molecule has 0 spiro atoms. The van der Waals surface area contributed by atoms with Gasteiger partial charge < -0.3 is 25.8 Å². The second-order valence-corrected chi connectivity index (χ2v) is 10.1. The molecular weight excluding hydrogens is 501 g/mol. The molecule has 1 heterocycles. The largest absolute Gasteiger partial charge is 0.388 e. The quantitative estimate of drug-likeness (QED) is 0.265. The fraction of sp³-hybridized carbons (Fsp3) is 0.304. The smallest absolute Gasteiger partial charge is 0.245 e. The van der Waals surface area contributed by atoms with Crippen LogP contribution in [0.5, 0.6) is 0 Å².